The van der Waals surface area contributed by atoms with E-state index in [1.807, 2.05) is 58.3 Å². The van der Waals surface area contributed by atoms with Crippen LogP contribution in [-0.2, 0) is 22.6 Å². The number of piperazine rings is 1. The monoisotopic (exact) mass is 633 g/mol. The molecule has 6 rings (SSSR count). The highest BCUT2D eigenvalue weighted by molar-refractivity contribution is 6.03. The lowest BCUT2D eigenvalue weighted by molar-refractivity contribution is -0.132. The maximum atomic E-state index is 14.6. The van der Waals surface area contributed by atoms with E-state index in [4.69, 9.17) is 9.47 Å². The number of rotatable bonds is 11. The fourth-order valence-electron chi connectivity index (χ4n) is 6.51. The summed E-state index contributed by atoms with van der Waals surface area (Å²) in [5.41, 5.74) is 4.57. The fourth-order valence-corrected chi connectivity index (χ4v) is 6.51. The Bertz CT molecular complexity index is 1640. The summed E-state index contributed by atoms with van der Waals surface area (Å²) in [7, 11) is 1.63. The van der Waals surface area contributed by atoms with Gasteiger partial charge in [0.15, 0.2) is 17.4 Å². The van der Waals surface area contributed by atoms with E-state index in [9.17, 15) is 22.8 Å². The van der Waals surface area contributed by atoms with Crippen molar-refractivity contribution in [3.8, 4) is 11.5 Å². The van der Waals surface area contributed by atoms with Crippen LogP contribution in [0.1, 0.15) is 49.3 Å². The minimum atomic E-state index is -1.33. The molecule has 3 aromatic carbocycles. The highest BCUT2D eigenvalue weighted by Crippen LogP contribution is 2.38. The number of carbonyl (C=O) groups is 2. The zero-order chi connectivity index (χ0) is 32.4. The summed E-state index contributed by atoms with van der Waals surface area (Å²) in [4.78, 5) is 30.8. The molecule has 1 aliphatic carbocycles. The molecule has 1 saturated heterocycles. The lowest BCUT2D eigenvalue weighted by atomic mass is 9.82. The van der Waals surface area contributed by atoms with Crippen molar-refractivity contribution in [1.82, 2.24) is 15.1 Å². The number of halogens is 3. The van der Waals surface area contributed by atoms with Gasteiger partial charge in [0.2, 0.25) is 11.7 Å². The summed E-state index contributed by atoms with van der Waals surface area (Å²) >= 11 is 0. The molecule has 0 aromatic heterocycles. The van der Waals surface area contributed by atoms with Gasteiger partial charge in [-0.3, -0.25) is 9.59 Å². The number of methoxy groups -OCH3 is 1. The van der Waals surface area contributed by atoms with Crippen LogP contribution in [0, 0.1) is 17.5 Å². The largest absolute Gasteiger partial charge is 0.496 e. The molecular formula is C36H38F3N3O4. The molecule has 1 unspecified atom stereocenters. The van der Waals surface area contributed by atoms with Gasteiger partial charge in [0.25, 0.3) is 5.91 Å². The third-order valence-electron chi connectivity index (χ3n) is 9.02. The summed E-state index contributed by atoms with van der Waals surface area (Å²) in [6.07, 6.45) is 3.54. The van der Waals surface area contributed by atoms with Crippen molar-refractivity contribution in [3.63, 3.8) is 0 Å². The fraction of sp³-hybridized carbons (Fsp3) is 0.389. The molecule has 2 fully saturated rings. The average molecular weight is 634 g/mol. The second-order valence-corrected chi connectivity index (χ2v) is 12.2. The zero-order valence-corrected chi connectivity index (χ0v) is 26.0. The normalized spacial score (nSPS) is 19.2. The molecule has 10 heteroatoms. The van der Waals surface area contributed by atoms with Crippen molar-refractivity contribution in [2.24, 2.45) is 0 Å². The number of fused-ring (bicyclic) bond motifs is 2. The predicted molar refractivity (Wildman–Crippen MR) is 168 cm³/mol. The number of nitrogens with zero attached hydrogens (tertiary/aromatic N) is 2. The van der Waals surface area contributed by atoms with Gasteiger partial charge in [-0.05, 0) is 67.0 Å². The Morgan fingerprint density at radius 1 is 0.978 bits per heavy atom. The predicted octanol–water partition coefficient (Wildman–Crippen LogP) is 5.66. The van der Waals surface area contributed by atoms with E-state index in [-0.39, 0.29) is 36.5 Å². The van der Waals surface area contributed by atoms with Crippen LogP contribution in [0.3, 0.4) is 0 Å². The molecule has 242 valence electrons. The Labute approximate surface area is 267 Å². The Kier molecular flexibility index (Phi) is 9.35. The Morgan fingerprint density at radius 3 is 2.43 bits per heavy atom. The van der Waals surface area contributed by atoms with E-state index in [0.717, 1.165) is 53.0 Å². The Hall–Kier alpha value is -4.31. The molecule has 3 aromatic rings. The van der Waals surface area contributed by atoms with E-state index in [1.165, 1.54) is 0 Å². The van der Waals surface area contributed by atoms with E-state index >= 15 is 0 Å². The van der Waals surface area contributed by atoms with Gasteiger partial charge >= 0.3 is 0 Å². The molecule has 2 atom stereocenters. The number of carbonyl (C=O) groups excluding carboxylic acids is 2. The first-order valence-corrected chi connectivity index (χ1v) is 15.8. The van der Waals surface area contributed by atoms with Crippen molar-refractivity contribution in [2.45, 2.75) is 63.7 Å². The average Bonchev–Trinajstić information content (AvgIpc) is 3.90. The van der Waals surface area contributed by atoms with Crippen molar-refractivity contribution in [1.29, 1.82) is 0 Å². The van der Waals surface area contributed by atoms with Crippen LogP contribution in [-0.4, -0.2) is 66.5 Å². The molecule has 1 N–H and O–H groups in total. The smallest absolute Gasteiger partial charge is 0.252 e. The molecule has 0 spiro atoms. The minimum absolute atomic E-state index is 0.00368. The first kappa shape index (κ1) is 31.7. The molecule has 46 heavy (non-hydrogen) atoms. The Balaban J connectivity index is 1.23. The SMILES string of the molecule is COc1ccccc1CN(C(=O)C1=C(c2ccc(CCCOc3c(F)ccc(F)c3F)cc2)CC2CN(C(C)=O)C[C@H]1N2)C1CC1. The van der Waals surface area contributed by atoms with Crippen LogP contribution in [0.4, 0.5) is 13.2 Å². The quantitative estimate of drug-likeness (QED) is 0.218. The van der Waals surface area contributed by atoms with Crippen LogP contribution >= 0.6 is 0 Å². The van der Waals surface area contributed by atoms with E-state index in [2.05, 4.69) is 5.32 Å². The van der Waals surface area contributed by atoms with Gasteiger partial charge in [-0.15, -0.1) is 0 Å². The second kappa shape index (κ2) is 13.6. The molecule has 2 amide bonds. The minimum Gasteiger partial charge on any atom is -0.496 e. The highest BCUT2D eigenvalue weighted by atomic mass is 19.2. The molecule has 2 bridgehead atoms. The van der Waals surface area contributed by atoms with Crippen LogP contribution in [0.2, 0.25) is 0 Å². The summed E-state index contributed by atoms with van der Waals surface area (Å²) in [6.45, 7) is 3.03. The number of hydrogen-bond acceptors (Lipinski definition) is 5. The van der Waals surface area contributed by atoms with Gasteiger partial charge in [0, 0.05) is 49.8 Å². The third-order valence-corrected chi connectivity index (χ3v) is 9.02. The molecule has 1 saturated carbocycles. The van der Waals surface area contributed by atoms with Gasteiger partial charge in [0.1, 0.15) is 5.75 Å². The number of ether oxygens (including phenoxy) is 2. The van der Waals surface area contributed by atoms with Gasteiger partial charge in [-0.2, -0.15) is 4.39 Å². The second-order valence-electron chi connectivity index (χ2n) is 12.2. The zero-order valence-electron chi connectivity index (χ0n) is 26.0. The summed E-state index contributed by atoms with van der Waals surface area (Å²) in [6, 6.07) is 17.2. The molecule has 2 aliphatic heterocycles. The molecule has 2 heterocycles. The first-order chi connectivity index (χ1) is 22.2. The first-order valence-electron chi connectivity index (χ1n) is 15.8. The van der Waals surface area contributed by atoms with Crippen LogP contribution in [0.5, 0.6) is 11.5 Å². The maximum absolute atomic E-state index is 14.6. The summed E-state index contributed by atoms with van der Waals surface area (Å²) in [5, 5.41) is 3.62. The van der Waals surface area contributed by atoms with Crippen molar-refractivity contribution in [2.75, 3.05) is 26.8 Å². The van der Waals surface area contributed by atoms with Crippen molar-refractivity contribution < 1.29 is 32.2 Å². The molecule has 3 aliphatic rings. The number of nitrogens with one attached hydrogen (secondary N) is 1. The summed E-state index contributed by atoms with van der Waals surface area (Å²) in [5.74, 6) is -3.42. The standard InChI is InChI=1S/C36H38F3N3O4/c1-22(43)41-20-26-18-28(24-11-9-23(10-12-24)6-5-17-46-35-30(38)16-15-29(37)34(35)39)33(31(21-41)40-26)36(44)42(27-13-14-27)19-25-7-3-4-8-32(25)45-2/h3-4,7-12,15-16,26-27,31,40H,5-6,13-14,17-21H2,1-2H3/t26?,31-/m1/s1. The summed E-state index contributed by atoms with van der Waals surface area (Å²) < 4.78 is 52.1. The third kappa shape index (κ3) is 6.77. The molecular weight excluding hydrogens is 595 g/mol. The number of para-hydroxylation sites is 1. The molecule has 0 radical (unpaired) electrons. The number of aryl methyl sites for hydroxylation is 1. The number of amides is 2. The van der Waals surface area contributed by atoms with Crippen molar-refractivity contribution in [3.05, 3.63) is 100 Å². The lowest BCUT2D eigenvalue weighted by Crippen LogP contribution is -2.61. The van der Waals surface area contributed by atoms with Gasteiger partial charge < -0.3 is 24.6 Å². The van der Waals surface area contributed by atoms with Gasteiger partial charge in [-0.1, -0.05) is 42.5 Å². The van der Waals surface area contributed by atoms with Crippen LogP contribution < -0.4 is 14.8 Å². The Morgan fingerprint density at radius 2 is 1.72 bits per heavy atom. The maximum Gasteiger partial charge on any atom is 0.252 e. The van der Waals surface area contributed by atoms with Gasteiger partial charge in [0.05, 0.1) is 19.8 Å². The van der Waals surface area contributed by atoms with Gasteiger partial charge in [-0.25, -0.2) is 8.78 Å². The van der Waals surface area contributed by atoms with E-state index in [0.29, 0.717) is 44.5 Å². The number of benzene rings is 3. The highest BCUT2D eigenvalue weighted by Gasteiger charge is 2.43. The van der Waals surface area contributed by atoms with Crippen LogP contribution in [0.25, 0.3) is 5.57 Å². The van der Waals surface area contributed by atoms with E-state index < -0.39 is 23.2 Å². The van der Waals surface area contributed by atoms with Crippen molar-refractivity contribution >= 4 is 17.4 Å². The van der Waals surface area contributed by atoms with E-state index in [1.54, 1.807) is 14.0 Å². The lowest BCUT2D eigenvalue weighted by Gasteiger charge is -2.44. The topological polar surface area (TPSA) is 71.1 Å². The number of hydrogen-bond donors (Lipinski definition) is 1. The molecule has 7 nitrogen and oxygen atoms in total. The van der Waals surface area contributed by atoms with Crippen LogP contribution in [0.15, 0.2) is 66.2 Å².